The normalized spacial score (nSPS) is 15.9. The van der Waals surface area contributed by atoms with E-state index in [1.807, 2.05) is 6.92 Å². The third-order valence-electron chi connectivity index (χ3n) is 0.593. The molecule has 1 heterocycles. The molecule has 7 heavy (non-hydrogen) atoms. The van der Waals surface area contributed by atoms with Crippen LogP contribution in [0.15, 0.2) is 32.6 Å². The quantitative estimate of drug-likeness (QED) is 0.440. The van der Waals surface area contributed by atoms with E-state index in [-0.39, 0.29) is 0 Å². The summed E-state index contributed by atoms with van der Waals surface area (Å²) in [5, 5.41) is 13.5. The van der Waals surface area contributed by atoms with Gasteiger partial charge in [-0.2, -0.15) is 0 Å². The maximum absolute atomic E-state index is 3.51. The molecule has 0 fully saturated rings. The smallest absolute Gasteiger partial charge is 0.107 e. The zero-order valence-electron chi connectivity index (χ0n) is 3.87. The van der Waals surface area contributed by atoms with Gasteiger partial charge in [0, 0.05) is 0 Å². The third-order valence-corrected chi connectivity index (χ3v) is 0.593. The molecule has 0 spiro atoms. The number of hydrogen-bond acceptors (Lipinski definition) is 4. The van der Waals surface area contributed by atoms with Crippen molar-refractivity contribution < 1.29 is 0 Å². The highest BCUT2D eigenvalue weighted by Crippen LogP contribution is 2.06. The molecular weight excluding hydrogens is 92.1 g/mol. The highest BCUT2D eigenvalue weighted by atomic mass is 15.5. The van der Waals surface area contributed by atoms with Crippen LogP contribution in [-0.2, 0) is 0 Å². The van der Waals surface area contributed by atoms with E-state index in [1.54, 1.807) is 6.08 Å². The second kappa shape index (κ2) is 1.59. The first-order valence-corrected chi connectivity index (χ1v) is 1.91. The summed E-state index contributed by atoms with van der Waals surface area (Å²) in [6, 6.07) is 0. The lowest BCUT2D eigenvalue weighted by Crippen LogP contribution is -1.56. The molecule has 0 bridgehead atoms. The molecule has 0 aromatic rings. The van der Waals surface area contributed by atoms with Crippen LogP contribution in [0.5, 0.6) is 0 Å². The summed E-state index contributed by atoms with van der Waals surface area (Å²) < 4.78 is 0. The fraction of sp³-hybridized carbons (Fsp3) is 0.333. The van der Waals surface area contributed by atoms with Gasteiger partial charge >= 0.3 is 0 Å². The Balaban J connectivity index is 2.79. The van der Waals surface area contributed by atoms with Crippen molar-refractivity contribution in [3.05, 3.63) is 11.9 Å². The van der Waals surface area contributed by atoms with Crippen LogP contribution in [0.3, 0.4) is 0 Å². The van der Waals surface area contributed by atoms with Crippen molar-refractivity contribution in [2.45, 2.75) is 6.92 Å². The van der Waals surface area contributed by atoms with Crippen LogP contribution in [-0.4, -0.2) is 0 Å². The molecule has 0 atom stereocenters. The van der Waals surface area contributed by atoms with E-state index in [0.29, 0.717) is 5.82 Å². The fourth-order valence-electron chi connectivity index (χ4n) is 0.267. The van der Waals surface area contributed by atoms with Crippen LogP contribution in [0.1, 0.15) is 6.92 Å². The second-order valence-corrected chi connectivity index (χ2v) is 1.03. The van der Waals surface area contributed by atoms with Gasteiger partial charge in [-0.3, -0.25) is 0 Å². The van der Waals surface area contributed by atoms with Gasteiger partial charge in [0.05, 0.1) is 0 Å². The first kappa shape index (κ1) is 4.11. The molecule has 0 radical (unpaired) electrons. The molecular formula is C3H4N4. The van der Waals surface area contributed by atoms with Gasteiger partial charge in [-0.05, 0) is 23.4 Å². The lowest BCUT2D eigenvalue weighted by molar-refractivity contribution is 1.06. The van der Waals surface area contributed by atoms with E-state index in [1.165, 1.54) is 0 Å². The van der Waals surface area contributed by atoms with Crippen LogP contribution in [0.25, 0.3) is 0 Å². The average molecular weight is 96.1 g/mol. The van der Waals surface area contributed by atoms with Crippen LogP contribution >= 0.6 is 0 Å². The van der Waals surface area contributed by atoms with Gasteiger partial charge in [0.15, 0.2) is 5.82 Å². The summed E-state index contributed by atoms with van der Waals surface area (Å²) in [5.41, 5.74) is 0. The molecule has 1 aliphatic rings. The number of rotatable bonds is 0. The summed E-state index contributed by atoms with van der Waals surface area (Å²) in [5.74, 6) is 0.583. The van der Waals surface area contributed by atoms with Gasteiger partial charge in [0.1, 0.15) is 0 Å². The lowest BCUT2D eigenvalue weighted by atomic mass is 10.6. The topological polar surface area (TPSA) is 49.4 Å². The molecule has 0 aliphatic carbocycles. The SMILES string of the molecule is CC=C1N=NN=N1. The Hall–Kier alpha value is -1.06. The first-order valence-electron chi connectivity index (χ1n) is 1.91. The molecule has 4 heteroatoms. The van der Waals surface area contributed by atoms with Crippen LogP contribution < -0.4 is 0 Å². The molecule has 0 unspecified atom stereocenters. The Kier molecular flexibility index (Phi) is 0.934. The Morgan fingerprint density at radius 3 is 2.14 bits per heavy atom. The van der Waals surface area contributed by atoms with Crippen LogP contribution in [0, 0.1) is 0 Å². The summed E-state index contributed by atoms with van der Waals surface area (Å²) in [4.78, 5) is 0. The Bertz CT molecular complexity index is 129. The molecule has 4 nitrogen and oxygen atoms in total. The minimum absolute atomic E-state index is 0.583. The van der Waals surface area contributed by atoms with Gasteiger partial charge < -0.3 is 0 Å². The molecule has 0 N–H and O–H groups in total. The Morgan fingerprint density at radius 2 is 1.86 bits per heavy atom. The molecule has 0 saturated heterocycles. The molecule has 0 amide bonds. The summed E-state index contributed by atoms with van der Waals surface area (Å²) in [6.45, 7) is 1.83. The van der Waals surface area contributed by atoms with Gasteiger partial charge in [0.2, 0.25) is 0 Å². The van der Waals surface area contributed by atoms with Crippen molar-refractivity contribution in [2.24, 2.45) is 20.7 Å². The van der Waals surface area contributed by atoms with Crippen molar-refractivity contribution >= 4 is 0 Å². The summed E-state index contributed by atoms with van der Waals surface area (Å²) >= 11 is 0. The largest absolute Gasteiger partial charge is 0.195 e. The molecule has 0 aromatic heterocycles. The highest BCUT2D eigenvalue weighted by Gasteiger charge is 1.91. The van der Waals surface area contributed by atoms with Crippen molar-refractivity contribution in [1.29, 1.82) is 0 Å². The Morgan fingerprint density at radius 1 is 1.29 bits per heavy atom. The number of nitrogens with zero attached hydrogens (tertiary/aromatic N) is 4. The van der Waals surface area contributed by atoms with E-state index >= 15 is 0 Å². The predicted octanol–water partition coefficient (Wildman–Crippen LogP) is 1.68. The molecule has 1 rings (SSSR count). The van der Waals surface area contributed by atoms with E-state index in [0.717, 1.165) is 0 Å². The maximum atomic E-state index is 3.51. The fourth-order valence-corrected chi connectivity index (χ4v) is 0.267. The van der Waals surface area contributed by atoms with E-state index < -0.39 is 0 Å². The van der Waals surface area contributed by atoms with E-state index in [9.17, 15) is 0 Å². The molecule has 1 aliphatic heterocycles. The van der Waals surface area contributed by atoms with Crippen molar-refractivity contribution in [3.63, 3.8) is 0 Å². The van der Waals surface area contributed by atoms with E-state index in [2.05, 4.69) is 20.7 Å². The minimum atomic E-state index is 0.583. The zero-order valence-corrected chi connectivity index (χ0v) is 3.87. The zero-order chi connectivity index (χ0) is 5.11. The van der Waals surface area contributed by atoms with Gasteiger partial charge in [-0.1, -0.05) is 0 Å². The number of allylic oxidation sites excluding steroid dienone is 1. The van der Waals surface area contributed by atoms with Crippen LogP contribution in [0.4, 0.5) is 0 Å². The predicted molar refractivity (Wildman–Crippen MR) is 23.5 cm³/mol. The van der Waals surface area contributed by atoms with Gasteiger partial charge in [0.25, 0.3) is 0 Å². The van der Waals surface area contributed by atoms with Crippen molar-refractivity contribution in [3.8, 4) is 0 Å². The average Bonchev–Trinajstić information content (AvgIpc) is 2.14. The maximum Gasteiger partial charge on any atom is 0.195 e. The molecule has 0 saturated carbocycles. The third kappa shape index (κ3) is 0.677. The van der Waals surface area contributed by atoms with Crippen molar-refractivity contribution in [2.75, 3.05) is 0 Å². The van der Waals surface area contributed by atoms with Gasteiger partial charge in [-0.25, -0.2) is 0 Å². The second-order valence-electron chi connectivity index (χ2n) is 1.03. The summed E-state index contributed by atoms with van der Waals surface area (Å²) in [6.07, 6.45) is 1.74. The standard InChI is InChI=1S/C3H4N4/c1-2-3-4-6-7-5-3/h2H,1H3. The lowest BCUT2D eigenvalue weighted by Gasteiger charge is -1.70. The van der Waals surface area contributed by atoms with Crippen molar-refractivity contribution in [1.82, 2.24) is 0 Å². The van der Waals surface area contributed by atoms with Crippen LogP contribution in [0.2, 0.25) is 0 Å². The highest BCUT2D eigenvalue weighted by molar-refractivity contribution is 4.93. The Labute approximate surface area is 40.6 Å². The first-order chi connectivity index (χ1) is 3.43. The molecule has 0 aromatic carbocycles. The van der Waals surface area contributed by atoms with E-state index in [4.69, 9.17) is 0 Å². The summed E-state index contributed by atoms with van der Waals surface area (Å²) in [7, 11) is 0. The number of hydrogen-bond donors (Lipinski definition) is 0. The minimum Gasteiger partial charge on any atom is -0.107 e. The molecule has 36 valence electrons. The van der Waals surface area contributed by atoms with Gasteiger partial charge in [-0.15, -0.1) is 10.2 Å². The monoisotopic (exact) mass is 96.0 g/mol.